The molecule has 0 saturated carbocycles. The molecule has 0 amide bonds. The van der Waals surface area contributed by atoms with Gasteiger partial charge in [-0.3, -0.25) is 0 Å². The summed E-state index contributed by atoms with van der Waals surface area (Å²) < 4.78 is 0. The third kappa shape index (κ3) is 13.4. The SMILES string of the molecule is C=C/C=C\C(=C(/C)Cl)c1c2[nH]c(/C=C\C)c(C=C)c2c(C(/C=C\C)=C(/C)Cl)c2[nH]c(/C=C\C)c(C=C)c12.CC.CC.CC.CC.CC.CC. The number of benzene rings is 1. The van der Waals surface area contributed by atoms with E-state index in [9.17, 15) is 0 Å². The molecule has 2 nitrogen and oxygen atoms in total. The zero-order valence-corrected chi connectivity index (χ0v) is 35.7. The highest BCUT2D eigenvalue weighted by atomic mass is 35.5. The molecule has 2 N–H and O–H groups in total. The van der Waals surface area contributed by atoms with Crippen LogP contribution in [0, 0.1) is 0 Å². The van der Waals surface area contributed by atoms with Gasteiger partial charge >= 0.3 is 0 Å². The van der Waals surface area contributed by atoms with Gasteiger partial charge < -0.3 is 9.97 Å². The van der Waals surface area contributed by atoms with E-state index in [1.54, 1.807) is 6.08 Å². The van der Waals surface area contributed by atoms with E-state index in [1.807, 2.05) is 160 Å². The normalized spacial score (nSPS) is 11.3. The largest absolute Gasteiger partial charge is 0.354 e. The fourth-order valence-electron chi connectivity index (χ4n) is 4.84. The van der Waals surface area contributed by atoms with Crippen LogP contribution < -0.4 is 0 Å². The predicted octanol–water partition coefficient (Wildman–Crippen LogP) is 17.4. The van der Waals surface area contributed by atoms with Crippen molar-refractivity contribution in [1.82, 2.24) is 9.97 Å². The molecule has 4 heteroatoms. The summed E-state index contributed by atoms with van der Waals surface area (Å²) in [5.41, 5.74) is 9.60. The topological polar surface area (TPSA) is 31.6 Å². The molecule has 1 aromatic carbocycles. The monoisotopic (exact) mass is 708 g/mol. The number of hydrogen-bond donors (Lipinski definition) is 2. The lowest BCUT2D eigenvalue weighted by Gasteiger charge is -2.16. The second-order valence-corrected chi connectivity index (χ2v) is 9.69. The van der Waals surface area contributed by atoms with E-state index >= 15 is 0 Å². The Morgan fingerprint density at radius 3 is 1.10 bits per heavy atom. The van der Waals surface area contributed by atoms with Gasteiger partial charge in [-0.05, 0) is 57.9 Å². The molecule has 0 aliphatic rings. The lowest BCUT2D eigenvalue weighted by atomic mass is 9.88. The number of aromatic nitrogens is 2. The number of nitrogens with one attached hydrogen (secondary N) is 2. The fraction of sp³-hybridized carbons (Fsp3) is 0.378. The highest BCUT2D eigenvalue weighted by molar-refractivity contribution is 6.36. The fourth-order valence-corrected chi connectivity index (χ4v) is 5.16. The first-order chi connectivity index (χ1) is 23.8. The summed E-state index contributed by atoms with van der Waals surface area (Å²) in [7, 11) is 0. The summed E-state index contributed by atoms with van der Waals surface area (Å²) in [5, 5.41) is 3.39. The Bertz CT molecular complexity index is 1560. The maximum absolute atomic E-state index is 6.78. The summed E-state index contributed by atoms with van der Waals surface area (Å²) in [6.07, 6.45) is 21.6. The highest BCUT2D eigenvalue weighted by Crippen LogP contribution is 2.47. The van der Waals surface area contributed by atoms with E-state index < -0.39 is 0 Å². The first kappa shape index (κ1) is 52.4. The van der Waals surface area contributed by atoms with Crippen LogP contribution in [0.1, 0.15) is 151 Å². The molecule has 2 aromatic heterocycles. The van der Waals surface area contributed by atoms with Gasteiger partial charge in [0.05, 0.1) is 11.0 Å². The zero-order chi connectivity index (χ0) is 39.3. The zero-order valence-electron chi connectivity index (χ0n) is 34.2. The van der Waals surface area contributed by atoms with Gasteiger partial charge in [0.25, 0.3) is 0 Å². The molecule has 0 fully saturated rings. The van der Waals surface area contributed by atoms with Crippen LogP contribution in [0.3, 0.4) is 0 Å². The van der Waals surface area contributed by atoms with Crippen LogP contribution in [0.25, 0.3) is 57.3 Å². The Balaban J connectivity index is -0.000000760. The minimum atomic E-state index is 0.664. The average molecular weight is 710 g/mol. The molecular formula is C45H70Cl2N2. The second-order valence-electron chi connectivity index (χ2n) is 8.55. The van der Waals surface area contributed by atoms with Crippen molar-refractivity contribution in [2.75, 3.05) is 0 Å². The van der Waals surface area contributed by atoms with Crippen molar-refractivity contribution in [2.24, 2.45) is 0 Å². The molecule has 0 atom stereocenters. The minimum absolute atomic E-state index is 0.664. The molecule has 3 rings (SSSR count). The highest BCUT2D eigenvalue weighted by Gasteiger charge is 2.27. The number of H-pyrrole nitrogens is 2. The molecular weight excluding hydrogens is 639 g/mol. The summed E-state index contributed by atoms with van der Waals surface area (Å²) in [4.78, 5) is 7.38. The van der Waals surface area contributed by atoms with Crippen LogP contribution in [-0.4, -0.2) is 9.97 Å². The number of aromatic amines is 2. The smallest absolute Gasteiger partial charge is 0.0559 e. The molecule has 0 saturated heterocycles. The van der Waals surface area contributed by atoms with E-state index in [0.717, 1.165) is 66.6 Å². The van der Waals surface area contributed by atoms with Gasteiger partial charge in [0.1, 0.15) is 0 Å². The molecule has 2 heterocycles. The molecule has 274 valence electrons. The van der Waals surface area contributed by atoms with Crippen molar-refractivity contribution < 1.29 is 0 Å². The van der Waals surface area contributed by atoms with Gasteiger partial charge in [-0.1, -0.05) is 181 Å². The number of halogens is 2. The van der Waals surface area contributed by atoms with Gasteiger partial charge in [0.2, 0.25) is 0 Å². The molecule has 3 aromatic rings. The van der Waals surface area contributed by atoms with Crippen LogP contribution in [0.5, 0.6) is 0 Å². The van der Waals surface area contributed by atoms with E-state index in [0.29, 0.717) is 10.1 Å². The van der Waals surface area contributed by atoms with Crippen LogP contribution in [0.15, 0.2) is 72.3 Å². The van der Waals surface area contributed by atoms with Gasteiger partial charge in [-0.15, -0.1) is 0 Å². The Labute approximate surface area is 312 Å². The summed E-state index contributed by atoms with van der Waals surface area (Å²) >= 11 is 13.5. The summed E-state index contributed by atoms with van der Waals surface area (Å²) in [5.74, 6) is 0. The standard InChI is InChI=1S/C33H34Cl2N2.6C2H6/c1-9-15-19-25(21(8)35)31-29-23(14-6)27(18-12-4)36-32(29)30(24(16-10-2)20(7)34)28-22(13-5)26(17-11-3)37-33(28)31;6*1-2/h9-19,36-37H,1,5-6H2,2-4,7-8H3;6*1-2H3/b16-10-,17-11-,18-12-,19-15-,24-20-,25-21-;;;;;;. The lowest BCUT2D eigenvalue weighted by molar-refractivity contribution is 1.41. The molecule has 0 spiro atoms. The van der Waals surface area contributed by atoms with Gasteiger partial charge in [0, 0.05) is 54.5 Å². The maximum Gasteiger partial charge on any atom is 0.0559 e. The Kier molecular flexibility index (Phi) is 34.0. The van der Waals surface area contributed by atoms with E-state index in [2.05, 4.69) is 47.9 Å². The second kappa shape index (κ2) is 31.8. The molecule has 0 radical (unpaired) electrons. The third-order valence-corrected chi connectivity index (χ3v) is 6.63. The molecule has 0 bridgehead atoms. The quantitative estimate of drug-likeness (QED) is 0.207. The van der Waals surface area contributed by atoms with E-state index in [4.69, 9.17) is 23.2 Å². The Morgan fingerprint density at radius 2 is 0.857 bits per heavy atom. The first-order valence-corrected chi connectivity index (χ1v) is 19.0. The predicted molar refractivity (Wildman–Crippen MR) is 239 cm³/mol. The van der Waals surface area contributed by atoms with E-state index in [1.165, 1.54) is 0 Å². The van der Waals surface area contributed by atoms with Crippen molar-refractivity contribution in [3.05, 3.63) is 106 Å². The van der Waals surface area contributed by atoms with E-state index in [-0.39, 0.29) is 0 Å². The lowest BCUT2D eigenvalue weighted by Crippen LogP contribution is -1.96. The van der Waals surface area contributed by atoms with Gasteiger partial charge in [-0.2, -0.15) is 0 Å². The molecule has 0 unspecified atom stereocenters. The third-order valence-electron chi connectivity index (χ3n) is 6.23. The van der Waals surface area contributed by atoms with Gasteiger partial charge in [-0.25, -0.2) is 0 Å². The maximum atomic E-state index is 6.78. The molecule has 0 aliphatic heterocycles. The molecule has 49 heavy (non-hydrogen) atoms. The summed E-state index contributed by atoms with van der Waals surface area (Å²) in [6, 6.07) is 0. The first-order valence-electron chi connectivity index (χ1n) is 18.2. The van der Waals surface area contributed by atoms with Gasteiger partial charge in [0.15, 0.2) is 0 Å². The van der Waals surface area contributed by atoms with Crippen molar-refractivity contribution in [2.45, 2.75) is 118 Å². The Morgan fingerprint density at radius 1 is 0.531 bits per heavy atom. The number of rotatable bonds is 9. The van der Waals surface area contributed by atoms with Crippen molar-refractivity contribution in [3.8, 4) is 0 Å². The van der Waals surface area contributed by atoms with Crippen LogP contribution in [0.2, 0.25) is 0 Å². The van der Waals surface area contributed by atoms with Crippen molar-refractivity contribution in [1.29, 1.82) is 0 Å². The minimum Gasteiger partial charge on any atom is -0.354 e. The number of hydrogen-bond acceptors (Lipinski definition) is 0. The number of fused-ring (bicyclic) bond motifs is 2. The number of allylic oxidation sites excluding steroid dienone is 11. The Hall–Kier alpha value is -3.46. The van der Waals surface area contributed by atoms with Crippen LogP contribution in [0.4, 0.5) is 0 Å². The average Bonchev–Trinajstić information content (AvgIpc) is 3.70. The van der Waals surface area contributed by atoms with Crippen molar-refractivity contribution in [3.63, 3.8) is 0 Å². The van der Waals surface area contributed by atoms with Crippen molar-refractivity contribution >= 4 is 80.5 Å². The van der Waals surface area contributed by atoms with Crippen LogP contribution >= 0.6 is 23.2 Å². The molecule has 0 aliphatic carbocycles. The summed E-state index contributed by atoms with van der Waals surface area (Å²) in [6.45, 7) is 46.0. The van der Waals surface area contributed by atoms with Crippen LogP contribution in [-0.2, 0) is 0 Å².